The predicted octanol–water partition coefficient (Wildman–Crippen LogP) is 11.0. The van der Waals surface area contributed by atoms with Crippen molar-refractivity contribution in [2.75, 3.05) is 135 Å². The monoisotopic (exact) mass is 2060 g/mol. The molecule has 0 saturated carbocycles. The first-order chi connectivity index (χ1) is 66.9. The summed E-state index contributed by atoms with van der Waals surface area (Å²) in [7, 11) is -4.43. The fourth-order valence-electron chi connectivity index (χ4n) is 15.8. The number of ether oxygens (including phenoxy) is 2. The third-order valence-corrected chi connectivity index (χ3v) is 34.7. The molecule has 4 N–H and O–H groups in total. The number of nitrogens with one attached hydrogen (secondary N) is 3. The van der Waals surface area contributed by atoms with E-state index in [0.29, 0.717) is 112 Å². The largest absolute Gasteiger partial charge is 0.376 e. The number of nitrogens with zero attached hydrogens (tertiary/aromatic N) is 31. The highest BCUT2D eigenvalue weighted by molar-refractivity contribution is 7.87. The average Bonchev–Trinajstić information content (AvgIpc) is 1.48. The molecule has 0 spiro atoms. The first-order valence-corrected chi connectivity index (χ1v) is 56.9. The molecule has 0 bridgehead atoms. The van der Waals surface area contributed by atoms with Gasteiger partial charge in [0.05, 0.1) is 101 Å². The molecule has 142 heavy (non-hydrogen) atoms. The molecular formula is C90H109ClN34O11S4Si2. The van der Waals surface area contributed by atoms with Crippen LogP contribution in [0.2, 0.25) is 51.4 Å². The van der Waals surface area contributed by atoms with E-state index in [2.05, 4.69) is 137 Å². The van der Waals surface area contributed by atoms with Crippen LogP contribution in [0.3, 0.4) is 0 Å². The fourth-order valence-corrected chi connectivity index (χ4v) is 22.2. The van der Waals surface area contributed by atoms with Crippen molar-refractivity contribution in [2.24, 2.45) is 0 Å². The third kappa shape index (κ3) is 23.5. The molecule has 17 heterocycles. The summed E-state index contributed by atoms with van der Waals surface area (Å²) in [5.41, 5.74) is 10.1. The Morgan fingerprint density at radius 3 is 1.14 bits per heavy atom. The maximum Gasteiger partial charge on any atom is 0.281 e. The van der Waals surface area contributed by atoms with Crippen LogP contribution < -0.4 is 5.32 Å². The Morgan fingerprint density at radius 2 is 0.831 bits per heavy atom. The highest BCUT2D eigenvalue weighted by Gasteiger charge is 2.54. The Labute approximate surface area is 833 Å². The molecule has 52 heteroatoms. The number of allylic oxidation sites excluding steroid dienone is 1. The summed E-state index contributed by atoms with van der Waals surface area (Å²) in [6.07, 6.45) is 30.5. The topological polar surface area (TPSA) is 494 Å². The van der Waals surface area contributed by atoms with Gasteiger partial charge in [-0.2, -0.15) is 110 Å². The van der Waals surface area contributed by atoms with Crippen LogP contribution in [-0.4, -0.2) is 303 Å². The Bertz CT molecular complexity index is 7580. The smallest absolute Gasteiger partial charge is 0.281 e. The van der Waals surface area contributed by atoms with Gasteiger partial charge in [-0.3, -0.25) is 24.1 Å². The fraction of sp³-hybridized carbons (Fsp3) is 0.411. The maximum absolute atomic E-state index is 12.5. The highest BCUT2D eigenvalue weighted by Crippen LogP contribution is 2.45. The van der Waals surface area contributed by atoms with Crippen molar-refractivity contribution in [1.29, 1.82) is 21.0 Å². The van der Waals surface area contributed by atoms with Crippen molar-refractivity contribution in [3.05, 3.63) is 204 Å². The lowest BCUT2D eigenvalue weighted by Gasteiger charge is -2.48. The molecule has 0 radical (unpaired) electrons. The Balaban J connectivity index is 0.000000170. The molecule has 5 saturated heterocycles. The molecule has 12 aromatic rings. The van der Waals surface area contributed by atoms with E-state index in [1.165, 1.54) is 102 Å². The number of H-pyrrole nitrogens is 2. The van der Waals surface area contributed by atoms with Crippen LogP contribution in [-0.2, 0) is 87.1 Å². The molecule has 0 unspecified atom stereocenters. The van der Waals surface area contributed by atoms with Gasteiger partial charge in [0, 0.05) is 298 Å². The molecule has 0 atom stereocenters. The number of nitriles is 4. The van der Waals surface area contributed by atoms with Gasteiger partial charge in [0.15, 0.2) is 6.20 Å². The van der Waals surface area contributed by atoms with Crippen molar-refractivity contribution in [1.82, 2.24) is 118 Å². The summed E-state index contributed by atoms with van der Waals surface area (Å²) in [6, 6.07) is 18.2. The van der Waals surface area contributed by atoms with E-state index in [1.54, 1.807) is 105 Å². The zero-order valence-corrected chi connectivity index (χ0v) is 86.9. The molecule has 45 nitrogen and oxygen atoms in total. The van der Waals surface area contributed by atoms with Crippen LogP contribution in [0.1, 0.15) is 19.3 Å². The van der Waals surface area contributed by atoms with E-state index in [0.717, 1.165) is 83.2 Å². The van der Waals surface area contributed by atoms with E-state index in [9.17, 15) is 54.6 Å². The van der Waals surface area contributed by atoms with Gasteiger partial charge in [-0.05, 0) is 47.5 Å². The molecule has 0 aliphatic carbocycles. The molecule has 744 valence electrons. The van der Waals surface area contributed by atoms with Crippen LogP contribution in [0.5, 0.6) is 0 Å². The minimum atomic E-state index is -3.58. The van der Waals surface area contributed by atoms with E-state index >= 15 is 0 Å². The van der Waals surface area contributed by atoms with Gasteiger partial charge in [0.1, 0.15) is 59.4 Å². The lowest BCUT2D eigenvalue weighted by atomic mass is 9.89. The summed E-state index contributed by atoms with van der Waals surface area (Å²) in [5, 5.41) is 72.2. The summed E-state index contributed by atoms with van der Waals surface area (Å²) in [4.78, 5) is 38.0. The number of aliphatic hydroxyl groups excluding tert-OH is 1. The van der Waals surface area contributed by atoms with Crippen LogP contribution in [0.15, 0.2) is 147 Å². The van der Waals surface area contributed by atoms with Crippen LogP contribution in [0.4, 0.5) is 22.7 Å². The first-order valence-electron chi connectivity index (χ1n) is 43.9. The molecule has 0 amide bonds. The summed E-state index contributed by atoms with van der Waals surface area (Å²) >= 11 is 0. The Hall–Kier alpha value is -13.5. The van der Waals surface area contributed by atoms with Crippen LogP contribution in [0.25, 0.3) is 113 Å². The normalized spacial score (nSPS) is 15.6. The number of hydrogen-bond acceptors (Lipinski definition) is 24. The van der Waals surface area contributed by atoms with E-state index < -0.39 is 73.6 Å². The van der Waals surface area contributed by atoms with Crippen molar-refractivity contribution in [2.45, 2.75) is 107 Å². The van der Waals surface area contributed by atoms with Crippen molar-refractivity contribution < 1.29 is 48.3 Å². The highest BCUT2D eigenvalue weighted by atomic mass is 35.5. The molecule has 5 fully saturated rings. The molecule has 5 aliphatic rings. The Kier molecular flexibility index (Phi) is 34.7. The Morgan fingerprint density at radius 1 is 0.479 bits per heavy atom. The number of fused-ring (bicyclic) bond motifs is 4. The number of halogens is 1. The zero-order valence-electron chi connectivity index (χ0n) is 80.8. The molecular weight excluding hydrogens is 1950 g/mol. The van der Waals surface area contributed by atoms with Gasteiger partial charge in [-0.25, -0.2) is 39.2 Å². The second kappa shape index (κ2) is 45.2. The van der Waals surface area contributed by atoms with E-state index in [4.69, 9.17) is 47.6 Å². The summed E-state index contributed by atoms with van der Waals surface area (Å²) in [6.45, 7) is 56.0. The molecule has 0 aromatic carbocycles. The van der Waals surface area contributed by atoms with Gasteiger partial charge < -0.3 is 38.6 Å². The van der Waals surface area contributed by atoms with Crippen LogP contribution in [0, 0.1) is 78.2 Å². The average molecular weight is 2060 g/mol. The number of rotatable bonds is 29. The SMILES string of the molecule is Cl.N#CC=C1CNC1.[C-]#[N+]C=C1CN(S(=O)(=O)N(C)C)C1.[C-]#[N+]c1cnc2[nH]ccc2c1-c1cnn(C2(CC#N)CN(S(=O)(=O)N(C)C)C2)c1.[C-]#[N+]c1cnc2c(ccn2CO)c1-c1cnn(C2(CC#N)CN(S(=O)(=O)N(C)C)C2)c1.[C-]#[N+]c1cnc2c(ccn2COCC[Si](C)(C)C)c1-c1cn[nH]c1.[C-]#[N+]c1cnc2c(ccn2COCC[Si](C)(C)C)c1-c1cnn(C2(CC#N)CN(S(=O)(=O)N(C)C)C2)c1. The number of aliphatic hydroxyl groups is 1. The minimum Gasteiger partial charge on any atom is -0.376 e. The molecule has 12 aromatic heterocycles. The number of hydrogen-bond donors (Lipinski definition) is 4. The second-order valence-corrected chi connectivity index (χ2v) is 56.8. The lowest BCUT2D eigenvalue weighted by molar-refractivity contribution is 0.0675. The summed E-state index contributed by atoms with van der Waals surface area (Å²) < 4.78 is 129. The van der Waals surface area contributed by atoms with E-state index in [-0.39, 0.29) is 77.7 Å². The summed E-state index contributed by atoms with van der Waals surface area (Å²) in [5.74, 6) is 0. The van der Waals surface area contributed by atoms with E-state index in [1.807, 2.05) is 45.8 Å². The maximum atomic E-state index is 12.5. The first kappa shape index (κ1) is 109. The van der Waals surface area contributed by atoms with Crippen LogP contribution >= 0.6 is 12.4 Å². The zero-order chi connectivity index (χ0) is 103. The number of aromatic nitrogens is 16. The standard InChI is InChI=1S/C24H32N8O3SSi.C19H20N8O3S.C18H18N8O2S.C17H21N5OSi.C7H11N3O2S.C5H6N2.ClH/c1-26-21-14-27-23-20(7-10-30(23)18-35-11-12-37(4,5)6)22(21)19-13-28-32(15-19)24(8-9-25)16-31(17-24)36(33,34)29(2)3;1-21-16-9-22-18-15(4-7-25(18)13-28)17(16)14-8-23-27(10-14)19(5-6-20)11-26(12-19)31(29,30)24(2)3;1-20-15-9-22-17-14(4-7-21-17)16(15)13-8-23-26(10-13)18(5-6-19)11-25(12-18)29(27,28)24(2)3;1-18-15-11-19-17-14(16(15)13-9-20-21-10-13)5-6-22(17)12-23-7-8-24(2,3)4;1-8-4-7-5-10(6-7)13(11,12)9(2)3;6-2-1-5-3-7-4-5;/h7,10,13-15H,8,11-12,16-18H2,2-6H3;4,7-10,28H,5,11-13H2,2-3H3;4,7-10H,5,11-12H2,2-3H3,(H,21,22);5-6,9-11H,7-8,12H2,2-4H3,(H,20,21);4H,5-6H2,2-3H3;1,7H,3-4H2;1H. The third-order valence-electron chi connectivity index (χ3n) is 24.0. The quantitative estimate of drug-likeness (QED) is 0.0146. The van der Waals surface area contributed by atoms with Crippen molar-refractivity contribution in [3.63, 3.8) is 0 Å². The molecule has 5 aliphatic heterocycles. The number of aromatic amines is 2. The van der Waals surface area contributed by atoms with Gasteiger partial charge in [0.2, 0.25) is 22.7 Å². The van der Waals surface area contributed by atoms with Gasteiger partial charge >= 0.3 is 0 Å². The number of pyridine rings is 4. The minimum absolute atomic E-state index is 0. The second-order valence-electron chi connectivity index (χ2n) is 37.0. The molecule has 17 rings (SSSR count). The van der Waals surface area contributed by atoms with Gasteiger partial charge in [0.25, 0.3) is 40.8 Å². The van der Waals surface area contributed by atoms with Crippen molar-refractivity contribution >= 4 is 136 Å². The van der Waals surface area contributed by atoms with Gasteiger partial charge in [-0.15, -0.1) is 12.4 Å². The van der Waals surface area contributed by atoms with Crippen molar-refractivity contribution in [3.8, 4) is 68.8 Å². The van der Waals surface area contributed by atoms with Gasteiger partial charge in [-0.1, -0.05) is 39.3 Å². The predicted molar refractivity (Wildman–Crippen MR) is 542 cm³/mol. The lowest BCUT2D eigenvalue weighted by Crippen LogP contribution is -2.65.